The Bertz CT molecular complexity index is 1070. The fourth-order valence-corrected chi connectivity index (χ4v) is 3.72. The van der Waals surface area contributed by atoms with E-state index in [0.717, 1.165) is 34.2 Å². The summed E-state index contributed by atoms with van der Waals surface area (Å²) in [5.41, 5.74) is 8.02. The number of benzene rings is 2. The van der Waals surface area contributed by atoms with Gasteiger partial charge in [0.25, 0.3) is 0 Å². The second kappa shape index (κ2) is 13.0. The molecule has 0 fully saturated rings. The molecule has 3 rings (SSSR count). The van der Waals surface area contributed by atoms with E-state index in [2.05, 4.69) is 77.9 Å². The van der Waals surface area contributed by atoms with Gasteiger partial charge in [-0.3, -0.25) is 9.98 Å². The Morgan fingerprint density at radius 3 is 1.26 bits per heavy atom. The first-order valence-electron chi connectivity index (χ1n) is 11.2. The van der Waals surface area contributed by atoms with Crippen LogP contribution >= 0.6 is 0 Å². The van der Waals surface area contributed by atoms with Crippen molar-refractivity contribution < 1.29 is 17.1 Å². The van der Waals surface area contributed by atoms with Crippen LogP contribution < -0.4 is 0 Å². The Balaban J connectivity index is 0.00000385. The number of hydrogen-bond donors (Lipinski definition) is 0. The zero-order valence-electron chi connectivity index (χ0n) is 23.0. The molecule has 2 aromatic carbocycles. The van der Waals surface area contributed by atoms with E-state index in [0.29, 0.717) is 0 Å². The first-order valence-corrected chi connectivity index (χ1v) is 11.2. The Hall–Kier alpha value is -2.55. The van der Waals surface area contributed by atoms with Gasteiger partial charge < -0.3 is 14.9 Å². The van der Waals surface area contributed by atoms with Crippen LogP contribution in [0.5, 0.6) is 0 Å². The molecule has 1 heterocycles. The topological polar surface area (TPSA) is 37.6 Å². The third kappa shape index (κ3) is 8.26. The molecule has 0 spiro atoms. The first kappa shape index (κ1) is 32.4. The van der Waals surface area contributed by atoms with Crippen molar-refractivity contribution in [2.45, 2.75) is 66.2 Å². The zero-order valence-corrected chi connectivity index (χ0v) is 24.2. The van der Waals surface area contributed by atoms with Crippen molar-refractivity contribution >= 4 is 22.8 Å². The standard InChI is InChI=1S/C29H35N3.2CH3.Fe/c1-20(30-26-16-11-9-14-22(26)28(3,4)5)24-18-13-19-25(32-24)21(2)31-27-17-12-10-15-23(27)29(6,7)8;;;/h9-19H,1-8H3;2*1H3;/q;2*-1;+2. The molecule has 0 unspecified atom stereocenters. The number of pyridine rings is 1. The maximum absolute atomic E-state index is 4.94. The second-order valence-corrected chi connectivity index (χ2v) is 10.3. The zero-order chi connectivity index (χ0) is 23.5. The summed E-state index contributed by atoms with van der Waals surface area (Å²) in [6.07, 6.45) is 0. The van der Waals surface area contributed by atoms with Crippen LogP contribution in [-0.4, -0.2) is 16.4 Å². The summed E-state index contributed by atoms with van der Waals surface area (Å²) in [6, 6.07) is 22.7. The van der Waals surface area contributed by atoms with Gasteiger partial charge >= 0.3 is 17.1 Å². The van der Waals surface area contributed by atoms with Crippen molar-refractivity contribution in [3.8, 4) is 0 Å². The third-order valence-corrected chi connectivity index (χ3v) is 5.49. The molecule has 0 saturated heterocycles. The molecule has 1 aromatic heterocycles. The first-order chi connectivity index (χ1) is 15.0. The van der Waals surface area contributed by atoms with Crippen LogP contribution in [0.4, 0.5) is 11.4 Å². The molecule has 3 nitrogen and oxygen atoms in total. The number of aromatic nitrogens is 1. The average molecular weight is 512 g/mol. The SMILES string of the molecule is CC(=Nc1ccccc1C(C)(C)C)c1cccc(C(C)=Nc2ccccc2C(C)(C)C)n1.[CH3-].[CH3-].[Fe+2]. The second-order valence-electron chi connectivity index (χ2n) is 10.3. The van der Waals surface area contributed by atoms with Gasteiger partial charge in [0.05, 0.1) is 34.2 Å². The van der Waals surface area contributed by atoms with E-state index < -0.39 is 0 Å². The normalized spacial score (nSPS) is 12.2. The van der Waals surface area contributed by atoms with Gasteiger partial charge in [-0.1, -0.05) is 84.0 Å². The Kier molecular flexibility index (Phi) is 12.0. The molecule has 0 aliphatic heterocycles. The number of nitrogens with zero attached hydrogens (tertiary/aromatic N) is 3. The number of aliphatic imine (C=N–C) groups is 2. The van der Waals surface area contributed by atoms with Gasteiger partial charge in [0.2, 0.25) is 0 Å². The minimum absolute atomic E-state index is 0. The Morgan fingerprint density at radius 2 is 0.914 bits per heavy atom. The summed E-state index contributed by atoms with van der Waals surface area (Å²) >= 11 is 0. The van der Waals surface area contributed by atoms with Crippen molar-refractivity contribution in [2.75, 3.05) is 0 Å². The summed E-state index contributed by atoms with van der Waals surface area (Å²) in [7, 11) is 0. The van der Waals surface area contributed by atoms with E-state index in [9.17, 15) is 0 Å². The van der Waals surface area contributed by atoms with Crippen LogP contribution in [0.2, 0.25) is 0 Å². The molecule has 0 amide bonds. The van der Waals surface area contributed by atoms with E-state index in [1.54, 1.807) is 0 Å². The summed E-state index contributed by atoms with van der Waals surface area (Å²) in [5.74, 6) is 0. The molecule has 0 aliphatic rings. The Labute approximate surface area is 224 Å². The molecular weight excluding hydrogens is 470 g/mol. The number of para-hydroxylation sites is 2. The van der Waals surface area contributed by atoms with E-state index in [1.807, 2.05) is 44.2 Å². The molecule has 4 heteroatoms. The molecule has 0 saturated carbocycles. The van der Waals surface area contributed by atoms with Gasteiger partial charge in [-0.15, -0.1) is 0 Å². The molecule has 0 N–H and O–H groups in total. The maximum Gasteiger partial charge on any atom is 2.00 e. The molecule has 3 aromatic rings. The van der Waals surface area contributed by atoms with E-state index in [4.69, 9.17) is 15.0 Å². The fraction of sp³-hybridized carbons (Fsp3) is 0.323. The fourth-order valence-electron chi connectivity index (χ4n) is 3.72. The summed E-state index contributed by atoms with van der Waals surface area (Å²) in [5, 5.41) is 0. The predicted octanol–water partition coefficient (Wildman–Crippen LogP) is 8.86. The van der Waals surface area contributed by atoms with Gasteiger partial charge in [0.1, 0.15) is 0 Å². The van der Waals surface area contributed by atoms with Gasteiger partial charge in [0.15, 0.2) is 0 Å². The van der Waals surface area contributed by atoms with E-state index >= 15 is 0 Å². The van der Waals surface area contributed by atoms with Gasteiger partial charge in [-0.25, -0.2) is 4.98 Å². The molecular formula is C31H41FeN3. The predicted molar refractivity (Wildman–Crippen MR) is 151 cm³/mol. The van der Waals surface area contributed by atoms with Crippen LogP contribution in [0, 0.1) is 14.9 Å². The molecule has 0 bridgehead atoms. The minimum Gasteiger partial charge on any atom is -0.358 e. The van der Waals surface area contributed by atoms with Crippen molar-refractivity contribution in [3.63, 3.8) is 0 Å². The third-order valence-electron chi connectivity index (χ3n) is 5.49. The van der Waals surface area contributed by atoms with Crippen molar-refractivity contribution in [2.24, 2.45) is 9.98 Å². The molecule has 0 atom stereocenters. The van der Waals surface area contributed by atoms with E-state index in [-0.39, 0.29) is 42.8 Å². The maximum atomic E-state index is 4.94. The van der Waals surface area contributed by atoms with Crippen LogP contribution in [-0.2, 0) is 27.9 Å². The molecule has 0 radical (unpaired) electrons. The molecule has 188 valence electrons. The van der Waals surface area contributed by atoms with Gasteiger partial charge in [-0.2, -0.15) is 0 Å². The van der Waals surface area contributed by atoms with Crippen LogP contribution in [0.1, 0.15) is 77.9 Å². The molecule has 35 heavy (non-hydrogen) atoms. The van der Waals surface area contributed by atoms with Gasteiger partial charge in [-0.05, 0) is 60.1 Å². The van der Waals surface area contributed by atoms with Gasteiger partial charge in [0, 0.05) is 0 Å². The van der Waals surface area contributed by atoms with Crippen LogP contribution in [0.25, 0.3) is 0 Å². The quantitative estimate of drug-likeness (QED) is 0.196. The van der Waals surface area contributed by atoms with Crippen LogP contribution in [0.15, 0.2) is 76.7 Å². The van der Waals surface area contributed by atoms with E-state index in [1.165, 1.54) is 11.1 Å². The minimum atomic E-state index is 0. The summed E-state index contributed by atoms with van der Waals surface area (Å²) < 4.78 is 0. The van der Waals surface area contributed by atoms with Crippen molar-refractivity contribution in [1.82, 2.24) is 4.98 Å². The largest absolute Gasteiger partial charge is 2.00 e. The van der Waals surface area contributed by atoms with Crippen LogP contribution in [0.3, 0.4) is 0 Å². The smallest absolute Gasteiger partial charge is 0.358 e. The van der Waals surface area contributed by atoms with Crippen molar-refractivity contribution in [1.29, 1.82) is 0 Å². The number of hydrogen-bond acceptors (Lipinski definition) is 3. The average Bonchev–Trinajstić information content (AvgIpc) is 2.73. The monoisotopic (exact) mass is 511 g/mol. The summed E-state index contributed by atoms with van der Waals surface area (Å²) in [6.45, 7) is 17.3. The van der Waals surface area contributed by atoms with Crippen molar-refractivity contribution in [3.05, 3.63) is 104 Å². The number of rotatable bonds is 4. The molecule has 0 aliphatic carbocycles. The summed E-state index contributed by atoms with van der Waals surface area (Å²) in [4.78, 5) is 14.8. The Morgan fingerprint density at radius 1 is 0.571 bits per heavy atom.